The van der Waals surface area contributed by atoms with E-state index in [1.165, 1.54) is 12.1 Å². The van der Waals surface area contributed by atoms with E-state index < -0.39 is 10.2 Å². The maximum absolute atomic E-state index is 11.5. The SMILES string of the molecule is CNCCC(=O)Nc1cccc(NS(N)(=O)=O)c1. The maximum Gasteiger partial charge on any atom is 0.296 e. The van der Waals surface area contributed by atoms with Crippen molar-refractivity contribution in [3.8, 4) is 0 Å². The summed E-state index contributed by atoms with van der Waals surface area (Å²) in [5.74, 6) is -0.155. The predicted octanol–water partition coefficient (Wildman–Crippen LogP) is -0.150. The molecule has 100 valence electrons. The number of benzene rings is 1. The molecule has 18 heavy (non-hydrogen) atoms. The van der Waals surface area contributed by atoms with E-state index in [2.05, 4.69) is 15.4 Å². The lowest BCUT2D eigenvalue weighted by atomic mass is 10.2. The smallest absolute Gasteiger partial charge is 0.296 e. The molecule has 8 heteroatoms. The zero-order chi connectivity index (χ0) is 13.6. The number of hydrogen-bond donors (Lipinski definition) is 4. The molecular formula is C10H16N4O3S. The average molecular weight is 272 g/mol. The molecular weight excluding hydrogens is 256 g/mol. The van der Waals surface area contributed by atoms with Gasteiger partial charge in [0.2, 0.25) is 5.91 Å². The highest BCUT2D eigenvalue weighted by atomic mass is 32.2. The van der Waals surface area contributed by atoms with Gasteiger partial charge in [-0.1, -0.05) is 6.07 Å². The fourth-order valence-corrected chi connectivity index (χ4v) is 1.74. The summed E-state index contributed by atoms with van der Waals surface area (Å²) in [5, 5.41) is 10.4. The molecule has 0 aliphatic rings. The van der Waals surface area contributed by atoms with Crippen molar-refractivity contribution in [1.29, 1.82) is 0 Å². The molecule has 0 fully saturated rings. The highest BCUT2D eigenvalue weighted by molar-refractivity contribution is 7.90. The summed E-state index contributed by atoms with van der Waals surface area (Å²) in [6.45, 7) is 0.570. The normalized spacial score (nSPS) is 11.0. The zero-order valence-electron chi connectivity index (χ0n) is 9.93. The topological polar surface area (TPSA) is 113 Å². The van der Waals surface area contributed by atoms with Crippen LogP contribution in [0.15, 0.2) is 24.3 Å². The molecule has 0 unspecified atom stereocenters. The van der Waals surface area contributed by atoms with Gasteiger partial charge in [-0.2, -0.15) is 8.42 Å². The summed E-state index contributed by atoms with van der Waals surface area (Å²) in [4.78, 5) is 11.5. The van der Waals surface area contributed by atoms with Gasteiger partial charge in [0.15, 0.2) is 0 Å². The van der Waals surface area contributed by atoms with Crippen LogP contribution in [0.2, 0.25) is 0 Å². The van der Waals surface area contributed by atoms with Crippen molar-refractivity contribution in [2.45, 2.75) is 6.42 Å². The third-order valence-corrected chi connectivity index (χ3v) is 2.53. The number of nitrogens with one attached hydrogen (secondary N) is 3. The van der Waals surface area contributed by atoms with E-state index in [-0.39, 0.29) is 5.91 Å². The van der Waals surface area contributed by atoms with Gasteiger partial charge in [0, 0.05) is 18.7 Å². The Balaban J connectivity index is 2.68. The second-order valence-electron chi connectivity index (χ2n) is 3.63. The summed E-state index contributed by atoms with van der Waals surface area (Å²) < 4.78 is 23.8. The molecule has 5 N–H and O–H groups in total. The largest absolute Gasteiger partial charge is 0.326 e. The van der Waals surface area contributed by atoms with Crippen LogP contribution in [0.5, 0.6) is 0 Å². The summed E-state index contributed by atoms with van der Waals surface area (Å²) in [6, 6.07) is 6.29. The van der Waals surface area contributed by atoms with E-state index >= 15 is 0 Å². The molecule has 0 saturated carbocycles. The molecule has 0 spiro atoms. The summed E-state index contributed by atoms with van der Waals surface area (Å²) in [6.07, 6.45) is 0.337. The number of anilines is 2. The fraction of sp³-hybridized carbons (Fsp3) is 0.300. The monoisotopic (exact) mass is 272 g/mol. The van der Waals surface area contributed by atoms with Crippen LogP contribution in [-0.4, -0.2) is 27.9 Å². The maximum atomic E-state index is 11.5. The molecule has 0 bridgehead atoms. The van der Waals surface area contributed by atoms with Crippen molar-refractivity contribution in [2.75, 3.05) is 23.6 Å². The summed E-state index contributed by atoms with van der Waals surface area (Å²) in [7, 11) is -2.06. The molecule has 0 aromatic heterocycles. The molecule has 0 aliphatic carbocycles. The molecule has 1 rings (SSSR count). The van der Waals surface area contributed by atoms with E-state index in [0.29, 0.717) is 24.3 Å². The van der Waals surface area contributed by atoms with Crippen molar-refractivity contribution in [1.82, 2.24) is 5.32 Å². The number of carbonyl (C=O) groups is 1. The molecule has 0 heterocycles. The van der Waals surface area contributed by atoms with Gasteiger partial charge in [0.05, 0.1) is 5.69 Å². The van der Waals surface area contributed by atoms with E-state index in [4.69, 9.17) is 5.14 Å². The van der Waals surface area contributed by atoms with Crippen LogP contribution < -0.4 is 20.5 Å². The first kappa shape index (κ1) is 14.4. The highest BCUT2D eigenvalue weighted by Gasteiger charge is 2.05. The Morgan fingerprint density at radius 1 is 1.33 bits per heavy atom. The van der Waals surface area contributed by atoms with Crippen LogP contribution in [0.25, 0.3) is 0 Å². The van der Waals surface area contributed by atoms with Crippen LogP contribution in [0, 0.1) is 0 Å². The van der Waals surface area contributed by atoms with Crippen LogP contribution in [0.4, 0.5) is 11.4 Å². The van der Waals surface area contributed by atoms with Crippen LogP contribution in [0.1, 0.15) is 6.42 Å². The van der Waals surface area contributed by atoms with Gasteiger partial charge in [-0.15, -0.1) is 0 Å². The number of hydrogen-bond acceptors (Lipinski definition) is 4. The van der Waals surface area contributed by atoms with Crippen molar-refractivity contribution in [3.63, 3.8) is 0 Å². The van der Waals surface area contributed by atoms with Gasteiger partial charge >= 0.3 is 0 Å². The number of nitrogens with two attached hydrogens (primary N) is 1. The Morgan fingerprint density at radius 2 is 2.00 bits per heavy atom. The molecule has 1 aromatic carbocycles. The fourth-order valence-electron chi connectivity index (χ4n) is 1.29. The highest BCUT2D eigenvalue weighted by Crippen LogP contribution is 2.15. The van der Waals surface area contributed by atoms with Crippen molar-refractivity contribution in [2.24, 2.45) is 5.14 Å². The number of carbonyl (C=O) groups excluding carboxylic acids is 1. The average Bonchev–Trinajstić information content (AvgIpc) is 2.24. The molecule has 0 atom stereocenters. The third kappa shape index (κ3) is 5.62. The van der Waals surface area contributed by atoms with Gasteiger partial charge in [-0.25, -0.2) is 5.14 Å². The van der Waals surface area contributed by atoms with E-state index in [9.17, 15) is 13.2 Å². The van der Waals surface area contributed by atoms with Gasteiger partial charge in [0.1, 0.15) is 0 Å². The Hall–Kier alpha value is -1.64. The lowest BCUT2D eigenvalue weighted by Gasteiger charge is -2.08. The van der Waals surface area contributed by atoms with Crippen LogP contribution in [0.3, 0.4) is 0 Å². The summed E-state index contributed by atoms with van der Waals surface area (Å²) in [5.41, 5.74) is 0.800. The van der Waals surface area contributed by atoms with Crippen molar-refractivity contribution >= 4 is 27.5 Å². The minimum Gasteiger partial charge on any atom is -0.326 e. The van der Waals surface area contributed by atoms with Crippen molar-refractivity contribution < 1.29 is 13.2 Å². The Kier molecular flexibility index (Phi) is 5.08. The summed E-state index contributed by atoms with van der Waals surface area (Å²) >= 11 is 0. The van der Waals surface area contributed by atoms with Gasteiger partial charge in [-0.05, 0) is 25.2 Å². The van der Waals surface area contributed by atoms with E-state index in [0.717, 1.165) is 0 Å². The standard InChI is InChI=1S/C10H16N4O3S/c1-12-6-5-10(15)13-8-3-2-4-9(7-8)14-18(11,16)17/h2-4,7,12,14H,5-6H2,1H3,(H,13,15)(H2,11,16,17). The van der Waals surface area contributed by atoms with Crippen LogP contribution >= 0.6 is 0 Å². The lowest BCUT2D eigenvalue weighted by Crippen LogP contribution is -2.22. The van der Waals surface area contributed by atoms with E-state index in [1.54, 1.807) is 19.2 Å². The van der Waals surface area contributed by atoms with E-state index in [1.807, 2.05) is 0 Å². The Morgan fingerprint density at radius 3 is 2.61 bits per heavy atom. The predicted molar refractivity (Wildman–Crippen MR) is 70.3 cm³/mol. The molecule has 1 amide bonds. The second kappa shape index (κ2) is 6.34. The van der Waals surface area contributed by atoms with Gasteiger partial charge in [-0.3, -0.25) is 9.52 Å². The second-order valence-corrected chi connectivity index (χ2v) is 4.92. The Bertz CT molecular complexity index is 516. The first-order chi connectivity index (χ1) is 8.40. The molecule has 0 saturated heterocycles. The Labute approximate surface area is 106 Å². The number of amides is 1. The third-order valence-electron chi connectivity index (χ3n) is 2.01. The molecule has 7 nitrogen and oxygen atoms in total. The van der Waals surface area contributed by atoms with Gasteiger partial charge < -0.3 is 10.6 Å². The molecule has 0 aliphatic heterocycles. The number of rotatable bonds is 6. The minimum atomic E-state index is -3.81. The first-order valence-electron chi connectivity index (χ1n) is 5.26. The van der Waals surface area contributed by atoms with Crippen molar-refractivity contribution in [3.05, 3.63) is 24.3 Å². The van der Waals surface area contributed by atoms with Crippen LogP contribution in [-0.2, 0) is 15.0 Å². The minimum absolute atomic E-state index is 0.155. The zero-order valence-corrected chi connectivity index (χ0v) is 10.8. The first-order valence-corrected chi connectivity index (χ1v) is 6.80. The lowest BCUT2D eigenvalue weighted by molar-refractivity contribution is -0.116. The molecule has 0 radical (unpaired) electrons. The van der Waals surface area contributed by atoms with Gasteiger partial charge in [0.25, 0.3) is 10.2 Å². The molecule has 1 aromatic rings. The quantitative estimate of drug-likeness (QED) is 0.576.